The number of aliphatic hydroxyl groups excluding tert-OH is 1. The van der Waals surface area contributed by atoms with Gasteiger partial charge in [0.25, 0.3) is 0 Å². The fourth-order valence-electron chi connectivity index (χ4n) is 2.94. The first kappa shape index (κ1) is 33.0. The topological polar surface area (TPSA) is 188 Å². The zero-order valence-corrected chi connectivity index (χ0v) is 22.3. The molecule has 0 aromatic carbocycles. The van der Waals surface area contributed by atoms with Crippen LogP contribution in [0.3, 0.4) is 0 Å². The zero-order chi connectivity index (χ0) is 27.0. The highest BCUT2D eigenvalue weighted by Crippen LogP contribution is 2.24. The summed E-state index contributed by atoms with van der Waals surface area (Å²) in [7, 11) is 2.05. The summed E-state index contributed by atoms with van der Waals surface area (Å²) in [5, 5.41) is 39.1. The molecule has 0 aliphatic heterocycles. The molecule has 11 nitrogen and oxygen atoms in total. The molecule has 0 saturated heterocycles. The Morgan fingerprint density at radius 3 is 1.63 bits per heavy atom. The van der Waals surface area contributed by atoms with Crippen LogP contribution in [0.1, 0.15) is 53.4 Å². The number of carbonyl (C=O) groups is 5. The van der Waals surface area contributed by atoms with Crippen LogP contribution in [0, 0.1) is 17.8 Å². The number of carboxylic acid groups (broad SMARTS) is 2. The van der Waals surface area contributed by atoms with Crippen molar-refractivity contribution in [2.45, 2.75) is 65.5 Å². The minimum atomic E-state index is -1.49. The van der Waals surface area contributed by atoms with Crippen molar-refractivity contribution >= 4 is 51.2 Å². The van der Waals surface area contributed by atoms with E-state index in [9.17, 15) is 34.2 Å². The average molecular weight is 536 g/mol. The number of aliphatic carboxylic acids is 2. The molecule has 202 valence electrons. The molecule has 0 radical (unpaired) electrons. The second-order valence-corrected chi connectivity index (χ2v) is 10.7. The summed E-state index contributed by atoms with van der Waals surface area (Å²) in [4.78, 5) is 59.7. The van der Waals surface area contributed by atoms with Crippen LogP contribution in [0.15, 0.2) is 0 Å². The lowest BCUT2D eigenvalue weighted by molar-refractivity contribution is -0.308. The first-order valence-electron chi connectivity index (χ1n) is 11.7. The molecule has 0 aromatic heterocycles. The highest BCUT2D eigenvalue weighted by molar-refractivity contribution is 8.76. The van der Waals surface area contributed by atoms with E-state index in [0.717, 1.165) is 21.6 Å². The number of rotatable bonds is 19. The molecule has 5 unspecified atom stereocenters. The van der Waals surface area contributed by atoms with Gasteiger partial charge in [0, 0.05) is 35.8 Å². The Kier molecular flexibility index (Phi) is 17.3. The van der Waals surface area contributed by atoms with Crippen LogP contribution in [-0.4, -0.2) is 71.5 Å². The highest BCUT2D eigenvalue weighted by Gasteiger charge is 2.27. The fourth-order valence-corrected chi connectivity index (χ4v) is 5.24. The van der Waals surface area contributed by atoms with E-state index in [0.29, 0.717) is 19.3 Å². The van der Waals surface area contributed by atoms with Gasteiger partial charge in [-0.25, -0.2) is 0 Å². The van der Waals surface area contributed by atoms with E-state index >= 15 is 0 Å². The van der Waals surface area contributed by atoms with Gasteiger partial charge in [0.2, 0.25) is 17.7 Å². The van der Waals surface area contributed by atoms with Crippen molar-refractivity contribution in [1.82, 2.24) is 16.0 Å². The Bertz CT molecular complexity index is 710. The molecule has 0 spiro atoms. The maximum absolute atomic E-state index is 12.7. The van der Waals surface area contributed by atoms with Crippen LogP contribution >= 0.6 is 21.6 Å². The second kappa shape index (κ2) is 18.3. The Hall–Kier alpha value is -1.99. The molecule has 0 heterocycles. The van der Waals surface area contributed by atoms with Gasteiger partial charge in [-0.1, -0.05) is 49.3 Å². The molecule has 0 aliphatic rings. The van der Waals surface area contributed by atoms with Gasteiger partial charge in [-0.15, -0.1) is 0 Å². The molecule has 0 fully saturated rings. The van der Waals surface area contributed by atoms with Crippen molar-refractivity contribution in [3.05, 3.63) is 0 Å². The predicted octanol–water partition coefficient (Wildman–Crippen LogP) is -1.57. The number of hydrogen-bond donors (Lipinski definition) is 4. The summed E-state index contributed by atoms with van der Waals surface area (Å²) in [6.07, 6.45) is 1.64. The van der Waals surface area contributed by atoms with Crippen molar-refractivity contribution in [2.75, 3.05) is 24.7 Å². The molecule has 0 aromatic rings. The lowest BCUT2D eigenvalue weighted by atomic mass is 9.89. The Morgan fingerprint density at radius 2 is 1.23 bits per heavy atom. The van der Waals surface area contributed by atoms with Crippen molar-refractivity contribution < 1.29 is 39.3 Å². The van der Waals surface area contributed by atoms with Crippen LogP contribution < -0.4 is 26.2 Å². The van der Waals surface area contributed by atoms with Gasteiger partial charge in [0.15, 0.2) is 0 Å². The zero-order valence-electron chi connectivity index (χ0n) is 20.7. The van der Waals surface area contributed by atoms with Crippen molar-refractivity contribution in [2.24, 2.45) is 17.8 Å². The molecule has 0 aliphatic carbocycles. The predicted molar refractivity (Wildman–Crippen MR) is 131 cm³/mol. The summed E-state index contributed by atoms with van der Waals surface area (Å²) in [5.41, 5.74) is 0. The number of amides is 3. The van der Waals surface area contributed by atoms with Crippen molar-refractivity contribution in [3.63, 3.8) is 0 Å². The van der Waals surface area contributed by atoms with E-state index < -0.39 is 47.7 Å². The minimum absolute atomic E-state index is 0.0540. The molecule has 5 atom stereocenters. The number of aliphatic hydroxyl groups is 1. The summed E-state index contributed by atoms with van der Waals surface area (Å²) >= 11 is 0. The molecule has 0 saturated carbocycles. The molecule has 13 heteroatoms. The van der Waals surface area contributed by atoms with Crippen molar-refractivity contribution in [3.8, 4) is 0 Å². The van der Waals surface area contributed by atoms with E-state index in [-0.39, 0.29) is 42.9 Å². The largest absolute Gasteiger partial charge is 0.548 e. The fraction of sp³-hybridized carbons (Fsp3) is 0.773. The summed E-state index contributed by atoms with van der Waals surface area (Å²) < 4.78 is 0. The molecular formula is C22H37N3O8S2-2. The van der Waals surface area contributed by atoms with E-state index in [4.69, 9.17) is 5.11 Å². The van der Waals surface area contributed by atoms with Gasteiger partial charge in [-0.3, -0.25) is 14.4 Å². The van der Waals surface area contributed by atoms with Gasteiger partial charge in [0.05, 0.1) is 30.6 Å². The van der Waals surface area contributed by atoms with Crippen molar-refractivity contribution in [1.29, 1.82) is 0 Å². The number of nitrogens with one attached hydrogen (secondary N) is 3. The molecule has 0 bridgehead atoms. The van der Waals surface area contributed by atoms with Crippen LogP contribution in [0.25, 0.3) is 0 Å². The van der Waals surface area contributed by atoms with Gasteiger partial charge < -0.3 is 40.9 Å². The molecular weight excluding hydrogens is 498 g/mol. The lowest BCUT2D eigenvalue weighted by Gasteiger charge is -2.25. The average Bonchev–Trinajstić information content (AvgIpc) is 2.82. The third kappa shape index (κ3) is 13.0. The molecule has 0 rings (SSSR count). The van der Waals surface area contributed by atoms with E-state index in [1.54, 1.807) is 27.7 Å². The van der Waals surface area contributed by atoms with Crippen LogP contribution in [0.5, 0.6) is 0 Å². The third-order valence-corrected chi connectivity index (χ3v) is 7.94. The Labute approximate surface area is 214 Å². The quantitative estimate of drug-likeness (QED) is 0.111. The first-order chi connectivity index (χ1) is 16.5. The normalized spacial score (nSPS) is 15.2. The Balaban J connectivity index is 4.87. The lowest BCUT2D eigenvalue weighted by Crippen LogP contribution is -2.51. The number of carboxylic acids is 2. The summed E-state index contributed by atoms with van der Waals surface area (Å²) in [6, 6.07) is -2.56. The maximum atomic E-state index is 12.7. The van der Waals surface area contributed by atoms with Gasteiger partial charge in [0.1, 0.15) is 0 Å². The number of hydrogen-bond acceptors (Lipinski definition) is 10. The SMILES string of the molecule is CCC(C)C(=O)NC(CSSCC(NC(=O)C(CC)CC(CC)C(=O)NCCO)C(=O)[O-])C(=O)[O-]. The van der Waals surface area contributed by atoms with E-state index in [1.807, 2.05) is 0 Å². The summed E-state index contributed by atoms with van der Waals surface area (Å²) in [5.74, 6) is -5.71. The van der Waals surface area contributed by atoms with E-state index in [1.165, 1.54) is 0 Å². The molecule has 3 amide bonds. The van der Waals surface area contributed by atoms with Gasteiger partial charge >= 0.3 is 0 Å². The Morgan fingerprint density at radius 1 is 0.771 bits per heavy atom. The van der Waals surface area contributed by atoms with Crippen LogP contribution in [0.2, 0.25) is 0 Å². The van der Waals surface area contributed by atoms with Crippen LogP contribution in [0.4, 0.5) is 0 Å². The minimum Gasteiger partial charge on any atom is -0.548 e. The van der Waals surface area contributed by atoms with E-state index in [2.05, 4.69) is 16.0 Å². The van der Waals surface area contributed by atoms with Crippen LogP contribution in [-0.2, 0) is 24.0 Å². The maximum Gasteiger partial charge on any atom is 0.223 e. The third-order valence-electron chi connectivity index (χ3n) is 5.52. The molecule has 4 N–H and O–H groups in total. The first-order valence-corrected chi connectivity index (χ1v) is 14.2. The van der Waals surface area contributed by atoms with Gasteiger partial charge in [-0.05, 0) is 25.7 Å². The smallest absolute Gasteiger partial charge is 0.223 e. The van der Waals surface area contributed by atoms with Gasteiger partial charge in [-0.2, -0.15) is 0 Å². The highest BCUT2D eigenvalue weighted by atomic mass is 33.1. The molecule has 35 heavy (non-hydrogen) atoms. The number of carbonyl (C=O) groups excluding carboxylic acids is 5. The monoisotopic (exact) mass is 535 g/mol. The summed E-state index contributed by atoms with van der Waals surface area (Å²) in [6.45, 7) is 6.95. The second-order valence-electron chi connectivity index (χ2n) is 8.10. The standard InChI is InChI=1S/C22H39N3O8S2/c1-5-13(4)18(27)24-16(21(30)31)11-34-35-12-17(22(32)33)25-20(29)15(7-3)10-14(6-2)19(28)23-8-9-26/h13-17,26H,5-12H2,1-4H3,(H,23,28)(H,24,27)(H,25,29)(H,30,31)(H,32,33)/p-2.